The summed E-state index contributed by atoms with van der Waals surface area (Å²) in [5.41, 5.74) is 1.92. The normalized spacial score (nSPS) is 25.9. The lowest BCUT2D eigenvalue weighted by atomic mass is 9.76. The molecule has 4 rings (SSSR count). The molecule has 184 valence electrons. The fraction of sp³-hybridized carbons (Fsp3) is 0.560. The Morgan fingerprint density at radius 3 is 2.65 bits per heavy atom. The van der Waals surface area contributed by atoms with Crippen molar-refractivity contribution in [1.82, 2.24) is 4.98 Å². The number of nitrogens with zero attached hydrogens (tertiary/aromatic N) is 2. The Hall–Kier alpha value is -2.39. The zero-order valence-electron chi connectivity index (χ0n) is 20.0. The van der Waals surface area contributed by atoms with Gasteiger partial charge < -0.3 is 19.2 Å². The molecule has 1 aromatic carbocycles. The fourth-order valence-electron chi connectivity index (χ4n) is 4.64. The Labute approximate surface area is 203 Å². The molecule has 9 heteroatoms. The number of aliphatic hydroxyl groups is 1. The maximum absolute atomic E-state index is 14.2. The van der Waals surface area contributed by atoms with Crippen molar-refractivity contribution >= 4 is 28.5 Å². The van der Waals surface area contributed by atoms with E-state index in [-0.39, 0.29) is 22.8 Å². The molecule has 2 aromatic rings. The molecule has 2 N–H and O–H groups in total. The van der Waals surface area contributed by atoms with E-state index in [2.05, 4.69) is 0 Å². The van der Waals surface area contributed by atoms with Crippen molar-refractivity contribution in [3.8, 4) is 11.3 Å². The second-order valence-corrected chi connectivity index (χ2v) is 11.1. The highest BCUT2D eigenvalue weighted by atomic mass is 32.2. The van der Waals surface area contributed by atoms with Crippen LogP contribution in [0.3, 0.4) is 0 Å². The summed E-state index contributed by atoms with van der Waals surface area (Å²) in [5.74, 6) is 0.547. The van der Waals surface area contributed by atoms with Crippen LogP contribution in [0.15, 0.2) is 28.7 Å². The number of alkyl halides is 1. The number of oxazole rings is 1. The predicted octanol–water partition coefficient (Wildman–Crippen LogP) is 4.88. The van der Waals surface area contributed by atoms with Crippen LogP contribution >= 0.6 is 11.8 Å². The molecule has 2 aliphatic rings. The summed E-state index contributed by atoms with van der Waals surface area (Å²) < 4.78 is 25.5. The topological polar surface area (TPSA) is 99.7 Å². The Morgan fingerprint density at radius 2 is 2.00 bits per heavy atom. The number of carbonyl (C=O) groups is 1. The summed E-state index contributed by atoms with van der Waals surface area (Å²) in [7, 11) is 1.33. The number of aromatic nitrogens is 1. The molecular formula is C25H32FN3O4S. The first-order valence-corrected chi connectivity index (χ1v) is 12.6. The summed E-state index contributed by atoms with van der Waals surface area (Å²) in [6.45, 7) is 6.67. The fourth-order valence-corrected chi connectivity index (χ4v) is 5.42. The van der Waals surface area contributed by atoms with Crippen molar-refractivity contribution in [2.24, 2.45) is 5.92 Å². The van der Waals surface area contributed by atoms with E-state index < -0.39 is 24.3 Å². The first kappa shape index (κ1) is 24.7. The number of hydrogen-bond donors (Lipinski definition) is 2. The molecule has 1 aromatic heterocycles. The van der Waals surface area contributed by atoms with Crippen LogP contribution in [0.2, 0.25) is 0 Å². The van der Waals surface area contributed by atoms with Gasteiger partial charge in [-0.2, -0.15) is 0 Å². The van der Waals surface area contributed by atoms with Crippen molar-refractivity contribution in [2.45, 2.75) is 63.8 Å². The lowest BCUT2D eigenvalue weighted by Crippen LogP contribution is -2.45. The van der Waals surface area contributed by atoms with Crippen LogP contribution in [0, 0.1) is 11.3 Å². The summed E-state index contributed by atoms with van der Waals surface area (Å²) in [6, 6.07) is 7.58. The van der Waals surface area contributed by atoms with Crippen molar-refractivity contribution < 1.29 is 23.4 Å². The van der Waals surface area contributed by atoms with Crippen LogP contribution in [0.1, 0.15) is 57.5 Å². The molecule has 7 nitrogen and oxygen atoms in total. The number of halogens is 1. The van der Waals surface area contributed by atoms with Crippen LogP contribution in [-0.4, -0.2) is 52.9 Å². The maximum atomic E-state index is 14.2. The molecule has 4 atom stereocenters. The number of benzene rings is 1. The Bertz CT molecular complexity index is 1050. The molecule has 2 fully saturated rings. The van der Waals surface area contributed by atoms with Gasteiger partial charge in [0.05, 0.1) is 18.7 Å². The number of thioether (sulfide) groups is 1. The van der Waals surface area contributed by atoms with Gasteiger partial charge in [-0.15, -0.1) is 11.8 Å². The van der Waals surface area contributed by atoms with Gasteiger partial charge in [0.1, 0.15) is 11.2 Å². The second-order valence-electron chi connectivity index (χ2n) is 9.96. The lowest BCUT2D eigenvalue weighted by Gasteiger charge is -2.34. The van der Waals surface area contributed by atoms with E-state index in [1.807, 2.05) is 45.0 Å². The number of carbonyl (C=O) groups excluding carboxylic acids is 1. The minimum Gasteiger partial charge on any atom is -0.469 e. The van der Waals surface area contributed by atoms with E-state index in [9.17, 15) is 14.3 Å². The third-order valence-corrected chi connectivity index (χ3v) is 7.43. The number of rotatable bonds is 4. The van der Waals surface area contributed by atoms with Crippen molar-refractivity contribution in [2.75, 3.05) is 24.3 Å². The van der Waals surface area contributed by atoms with Gasteiger partial charge in [-0.1, -0.05) is 20.8 Å². The van der Waals surface area contributed by atoms with Crippen molar-refractivity contribution in [3.63, 3.8) is 0 Å². The molecule has 1 saturated carbocycles. The first-order valence-electron chi connectivity index (χ1n) is 11.6. The highest BCUT2D eigenvalue weighted by Gasteiger charge is 2.41. The smallest absolute Gasteiger partial charge is 0.309 e. The molecule has 1 saturated heterocycles. The molecule has 1 aliphatic heterocycles. The minimum atomic E-state index is -1.04. The molecule has 1 aliphatic carbocycles. The quantitative estimate of drug-likeness (QED) is 0.590. The van der Waals surface area contributed by atoms with Crippen LogP contribution in [-0.2, 0) is 14.9 Å². The van der Waals surface area contributed by atoms with E-state index in [4.69, 9.17) is 19.5 Å². The van der Waals surface area contributed by atoms with Crippen LogP contribution in [0.4, 0.5) is 10.1 Å². The van der Waals surface area contributed by atoms with E-state index in [0.29, 0.717) is 36.7 Å². The monoisotopic (exact) mass is 489 g/mol. The molecular weight excluding hydrogens is 457 g/mol. The van der Waals surface area contributed by atoms with Gasteiger partial charge in [0, 0.05) is 34.9 Å². The summed E-state index contributed by atoms with van der Waals surface area (Å²) >= 11 is 1.36. The molecule has 0 radical (unpaired) electrons. The summed E-state index contributed by atoms with van der Waals surface area (Å²) in [4.78, 5) is 19.2. The first-order chi connectivity index (χ1) is 16.1. The summed E-state index contributed by atoms with van der Waals surface area (Å²) in [6.07, 6.45) is -1.02. The third kappa shape index (κ3) is 4.86. The average molecular weight is 490 g/mol. The van der Waals surface area contributed by atoms with E-state index in [1.165, 1.54) is 18.9 Å². The van der Waals surface area contributed by atoms with E-state index >= 15 is 0 Å². The van der Waals surface area contributed by atoms with Gasteiger partial charge in [-0.3, -0.25) is 10.2 Å². The van der Waals surface area contributed by atoms with Gasteiger partial charge in [-0.25, -0.2) is 9.37 Å². The largest absolute Gasteiger partial charge is 0.469 e. The number of ether oxygens (including phenoxy) is 1. The number of esters is 1. The number of aliphatic hydroxyl groups excluding tert-OH is 1. The van der Waals surface area contributed by atoms with Crippen LogP contribution in [0.5, 0.6) is 0 Å². The SMILES string of the molecule is COC(=O)C1CC(F)CCC1c1nc(C(C)(C)C)oc1-c1ccc(N2CCSC(=N)C2O)cc1. The minimum absolute atomic E-state index is 0.115. The average Bonchev–Trinajstić information content (AvgIpc) is 3.26. The standard InChI is InChI=1S/C25H32FN3O4S/c1-25(2,3)24-28-19(17-10-7-15(26)13-18(17)23(31)32-4)20(33-24)14-5-8-16(9-6-14)29-11-12-34-21(27)22(29)30/h5-6,8-9,15,17-18,22,27,30H,7,10-13H2,1-4H3. The van der Waals surface area contributed by atoms with Gasteiger partial charge >= 0.3 is 5.97 Å². The van der Waals surface area contributed by atoms with Gasteiger partial charge in [0.15, 0.2) is 12.0 Å². The zero-order chi connectivity index (χ0) is 24.6. The molecule has 0 spiro atoms. The van der Waals surface area contributed by atoms with Gasteiger partial charge in [0.25, 0.3) is 0 Å². The molecule has 0 amide bonds. The number of nitrogens with one attached hydrogen (secondary N) is 1. The van der Waals surface area contributed by atoms with Crippen molar-refractivity contribution in [3.05, 3.63) is 35.9 Å². The van der Waals surface area contributed by atoms with Crippen LogP contribution in [0.25, 0.3) is 11.3 Å². The van der Waals surface area contributed by atoms with Crippen molar-refractivity contribution in [1.29, 1.82) is 5.41 Å². The third-order valence-electron chi connectivity index (χ3n) is 6.52. The van der Waals surface area contributed by atoms with E-state index in [0.717, 1.165) is 17.0 Å². The maximum Gasteiger partial charge on any atom is 0.309 e. The molecule has 34 heavy (non-hydrogen) atoms. The summed E-state index contributed by atoms with van der Waals surface area (Å²) in [5, 5.41) is 18.5. The van der Waals surface area contributed by atoms with E-state index in [1.54, 1.807) is 4.90 Å². The highest BCUT2D eigenvalue weighted by Crippen LogP contribution is 2.44. The molecule has 2 heterocycles. The van der Waals surface area contributed by atoms with Gasteiger partial charge in [-0.05, 0) is 43.5 Å². The van der Waals surface area contributed by atoms with Crippen LogP contribution < -0.4 is 4.90 Å². The number of anilines is 1. The Morgan fingerprint density at radius 1 is 1.29 bits per heavy atom. The molecule has 4 unspecified atom stereocenters. The Kier molecular flexibility index (Phi) is 7.05. The molecule has 0 bridgehead atoms. The zero-order valence-corrected chi connectivity index (χ0v) is 20.8. The Balaban J connectivity index is 1.72. The second kappa shape index (κ2) is 9.70. The van der Waals surface area contributed by atoms with Gasteiger partial charge in [0.2, 0.25) is 5.89 Å². The predicted molar refractivity (Wildman–Crippen MR) is 131 cm³/mol. The lowest BCUT2D eigenvalue weighted by molar-refractivity contribution is -0.148. The number of methoxy groups -OCH3 is 1. The number of hydrogen-bond acceptors (Lipinski definition) is 8. The highest BCUT2D eigenvalue weighted by molar-refractivity contribution is 8.14.